The van der Waals surface area contributed by atoms with Crippen molar-refractivity contribution in [3.63, 3.8) is 0 Å². The van der Waals surface area contributed by atoms with Crippen LogP contribution in [0.15, 0.2) is 41.8 Å². The number of amides is 2. The minimum atomic E-state index is -0.482. The molecule has 1 aliphatic heterocycles. The SMILES string of the molecule is CNC(=O)C1CN(CCCOc2cccc(C#N)c2)CCN1C(=O)Cc1cccs1. The normalized spacial score (nSPS) is 16.7. The molecule has 0 saturated carbocycles. The lowest BCUT2D eigenvalue weighted by Crippen LogP contribution is -2.60. The Kier molecular flexibility index (Phi) is 7.82. The molecule has 3 rings (SSSR count). The van der Waals surface area contributed by atoms with Crippen LogP contribution in [-0.2, 0) is 16.0 Å². The largest absolute Gasteiger partial charge is 0.494 e. The number of thiophene rings is 1. The Morgan fingerprint density at radius 3 is 2.90 bits per heavy atom. The second kappa shape index (κ2) is 10.8. The molecular formula is C22H26N4O3S. The summed E-state index contributed by atoms with van der Waals surface area (Å²) < 4.78 is 5.73. The molecule has 1 fully saturated rings. The van der Waals surface area contributed by atoms with Crippen LogP contribution >= 0.6 is 11.3 Å². The molecule has 1 atom stereocenters. The quantitative estimate of drug-likeness (QED) is 0.652. The number of carbonyl (C=O) groups is 2. The number of ether oxygens (including phenoxy) is 1. The first-order valence-electron chi connectivity index (χ1n) is 9.99. The summed E-state index contributed by atoms with van der Waals surface area (Å²) in [5.41, 5.74) is 0.573. The van der Waals surface area contributed by atoms with Crippen molar-refractivity contribution in [1.82, 2.24) is 15.1 Å². The average Bonchev–Trinajstić information content (AvgIpc) is 3.29. The molecule has 2 amide bonds. The van der Waals surface area contributed by atoms with E-state index in [4.69, 9.17) is 10.00 Å². The van der Waals surface area contributed by atoms with Gasteiger partial charge < -0.3 is 15.0 Å². The van der Waals surface area contributed by atoms with Crippen LogP contribution in [0.3, 0.4) is 0 Å². The number of hydrogen-bond donors (Lipinski definition) is 1. The molecule has 1 aromatic carbocycles. The van der Waals surface area contributed by atoms with Crippen molar-refractivity contribution in [2.45, 2.75) is 18.9 Å². The van der Waals surface area contributed by atoms with Crippen LogP contribution < -0.4 is 10.1 Å². The van der Waals surface area contributed by atoms with Crippen molar-refractivity contribution in [3.05, 3.63) is 52.2 Å². The molecule has 1 saturated heterocycles. The van der Waals surface area contributed by atoms with E-state index in [-0.39, 0.29) is 11.8 Å². The minimum Gasteiger partial charge on any atom is -0.494 e. The Hall–Kier alpha value is -2.89. The zero-order chi connectivity index (χ0) is 21.3. The third-order valence-electron chi connectivity index (χ3n) is 5.09. The van der Waals surface area contributed by atoms with Gasteiger partial charge in [-0.2, -0.15) is 5.26 Å². The Bertz CT molecular complexity index is 894. The third-order valence-corrected chi connectivity index (χ3v) is 5.97. The van der Waals surface area contributed by atoms with E-state index in [2.05, 4.69) is 16.3 Å². The predicted molar refractivity (Wildman–Crippen MR) is 115 cm³/mol. The molecule has 0 spiro atoms. The summed E-state index contributed by atoms with van der Waals surface area (Å²) in [5, 5.41) is 13.6. The van der Waals surface area contributed by atoms with E-state index in [1.165, 1.54) is 0 Å². The molecule has 158 valence electrons. The smallest absolute Gasteiger partial charge is 0.243 e. The van der Waals surface area contributed by atoms with E-state index in [0.29, 0.717) is 37.4 Å². The first kappa shape index (κ1) is 21.8. The van der Waals surface area contributed by atoms with Gasteiger partial charge in [0.2, 0.25) is 11.8 Å². The van der Waals surface area contributed by atoms with Crippen LogP contribution in [0.4, 0.5) is 0 Å². The maximum absolute atomic E-state index is 12.8. The minimum absolute atomic E-state index is 0.00796. The summed E-state index contributed by atoms with van der Waals surface area (Å²) in [6.07, 6.45) is 1.13. The number of nitrogens with zero attached hydrogens (tertiary/aromatic N) is 3. The Morgan fingerprint density at radius 1 is 1.30 bits per heavy atom. The Labute approximate surface area is 180 Å². The monoisotopic (exact) mass is 426 g/mol. The molecule has 7 nitrogen and oxygen atoms in total. The van der Waals surface area contributed by atoms with Gasteiger partial charge in [0.15, 0.2) is 0 Å². The van der Waals surface area contributed by atoms with Gasteiger partial charge in [-0.25, -0.2) is 0 Å². The molecule has 0 aliphatic carbocycles. The number of nitrogens with one attached hydrogen (secondary N) is 1. The zero-order valence-corrected chi connectivity index (χ0v) is 17.9. The van der Waals surface area contributed by atoms with Crippen LogP contribution in [0.5, 0.6) is 5.75 Å². The lowest BCUT2D eigenvalue weighted by atomic mass is 10.1. The highest BCUT2D eigenvalue weighted by Gasteiger charge is 2.34. The summed E-state index contributed by atoms with van der Waals surface area (Å²) >= 11 is 1.56. The summed E-state index contributed by atoms with van der Waals surface area (Å²) in [7, 11) is 1.60. The van der Waals surface area contributed by atoms with E-state index in [0.717, 1.165) is 24.4 Å². The molecule has 30 heavy (non-hydrogen) atoms. The average molecular weight is 427 g/mol. The maximum atomic E-state index is 12.8. The molecule has 0 bridgehead atoms. The van der Waals surface area contributed by atoms with Gasteiger partial charge in [-0.1, -0.05) is 12.1 Å². The highest BCUT2D eigenvalue weighted by molar-refractivity contribution is 7.10. The fraction of sp³-hybridized carbons (Fsp3) is 0.409. The van der Waals surface area contributed by atoms with Gasteiger partial charge in [-0.15, -0.1) is 11.3 Å². The molecule has 2 heterocycles. The van der Waals surface area contributed by atoms with Crippen molar-refractivity contribution in [1.29, 1.82) is 5.26 Å². The van der Waals surface area contributed by atoms with Gasteiger partial charge in [0.25, 0.3) is 0 Å². The molecule has 1 aliphatic rings. The molecule has 8 heteroatoms. The highest BCUT2D eigenvalue weighted by Crippen LogP contribution is 2.17. The third kappa shape index (κ3) is 5.81. The Balaban J connectivity index is 1.50. The van der Waals surface area contributed by atoms with E-state index in [1.807, 2.05) is 23.6 Å². The van der Waals surface area contributed by atoms with Crippen LogP contribution in [0.25, 0.3) is 0 Å². The highest BCUT2D eigenvalue weighted by atomic mass is 32.1. The number of nitriles is 1. The van der Waals surface area contributed by atoms with Crippen LogP contribution in [-0.4, -0.2) is 67.5 Å². The fourth-order valence-corrected chi connectivity index (χ4v) is 4.23. The second-order valence-electron chi connectivity index (χ2n) is 7.12. The maximum Gasteiger partial charge on any atom is 0.243 e. The lowest BCUT2D eigenvalue weighted by molar-refractivity contribution is -0.143. The zero-order valence-electron chi connectivity index (χ0n) is 17.0. The topological polar surface area (TPSA) is 85.7 Å². The summed E-state index contributed by atoms with van der Waals surface area (Å²) in [6, 6.07) is 12.6. The predicted octanol–water partition coefficient (Wildman–Crippen LogP) is 1.89. The van der Waals surface area contributed by atoms with Crippen LogP contribution in [0.1, 0.15) is 16.9 Å². The van der Waals surface area contributed by atoms with Gasteiger partial charge in [0, 0.05) is 38.1 Å². The molecule has 1 N–H and O–H groups in total. The first-order chi connectivity index (χ1) is 14.6. The Morgan fingerprint density at radius 2 is 2.17 bits per heavy atom. The van der Waals surface area contributed by atoms with Crippen molar-refractivity contribution >= 4 is 23.2 Å². The van der Waals surface area contributed by atoms with Crippen molar-refractivity contribution in [2.75, 3.05) is 39.8 Å². The molecule has 2 aromatic rings. The van der Waals surface area contributed by atoms with Crippen molar-refractivity contribution in [2.24, 2.45) is 0 Å². The van der Waals surface area contributed by atoms with E-state index >= 15 is 0 Å². The second-order valence-corrected chi connectivity index (χ2v) is 8.15. The van der Waals surface area contributed by atoms with Gasteiger partial charge in [0.1, 0.15) is 11.8 Å². The number of benzene rings is 1. The molecular weight excluding hydrogens is 400 g/mol. The number of rotatable bonds is 8. The number of carbonyl (C=O) groups excluding carboxylic acids is 2. The van der Waals surface area contributed by atoms with Gasteiger partial charge >= 0.3 is 0 Å². The lowest BCUT2D eigenvalue weighted by Gasteiger charge is -2.40. The summed E-state index contributed by atoms with van der Waals surface area (Å²) in [5.74, 6) is 0.538. The number of likely N-dealkylation sites (N-methyl/N-ethyl adjacent to an activating group) is 1. The summed E-state index contributed by atoms with van der Waals surface area (Å²) in [4.78, 5) is 30.1. The van der Waals surface area contributed by atoms with Gasteiger partial charge in [0.05, 0.1) is 24.7 Å². The van der Waals surface area contributed by atoms with Crippen molar-refractivity contribution < 1.29 is 14.3 Å². The van der Waals surface area contributed by atoms with E-state index in [1.54, 1.807) is 41.5 Å². The molecule has 0 radical (unpaired) electrons. The standard InChI is InChI=1S/C22H26N4O3S/c1-24-22(28)20-16-25(8-4-11-29-18-6-2-5-17(13-18)15-23)9-10-26(20)21(27)14-19-7-3-12-30-19/h2-3,5-7,12-13,20H,4,8-11,14,16H2,1H3,(H,24,28). The first-order valence-corrected chi connectivity index (χ1v) is 10.9. The molecule has 1 aromatic heterocycles. The van der Waals surface area contributed by atoms with E-state index in [9.17, 15) is 9.59 Å². The number of hydrogen-bond acceptors (Lipinski definition) is 6. The van der Waals surface area contributed by atoms with Gasteiger partial charge in [-0.05, 0) is 36.1 Å². The van der Waals surface area contributed by atoms with Crippen LogP contribution in [0.2, 0.25) is 0 Å². The fourth-order valence-electron chi connectivity index (χ4n) is 3.53. The summed E-state index contributed by atoms with van der Waals surface area (Å²) in [6.45, 7) is 3.08. The van der Waals surface area contributed by atoms with Gasteiger partial charge in [-0.3, -0.25) is 14.5 Å². The van der Waals surface area contributed by atoms with Crippen molar-refractivity contribution in [3.8, 4) is 11.8 Å². The number of piperazine rings is 1. The van der Waals surface area contributed by atoms with E-state index < -0.39 is 6.04 Å². The van der Waals surface area contributed by atoms with Crippen LogP contribution in [0, 0.1) is 11.3 Å². The molecule has 1 unspecified atom stereocenters.